The van der Waals surface area contributed by atoms with Crippen molar-refractivity contribution in [2.24, 2.45) is 0 Å². The minimum absolute atomic E-state index is 0.124. The van der Waals surface area contributed by atoms with Gasteiger partial charge in [-0.1, -0.05) is 13.3 Å². The van der Waals surface area contributed by atoms with Crippen LogP contribution >= 0.6 is 0 Å². The smallest absolute Gasteiger partial charge is 0.137 e. The van der Waals surface area contributed by atoms with Crippen LogP contribution in [0.5, 0.6) is 0 Å². The summed E-state index contributed by atoms with van der Waals surface area (Å²) in [6.45, 7) is 5.46. The van der Waals surface area contributed by atoms with Crippen LogP contribution in [0, 0.1) is 0 Å². The number of rotatable bonds is 4. The van der Waals surface area contributed by atoms with E-state index in [2.05, 4.69) is 11.8 Å². The number of hydrogen-bond acceptors (Lipinski definition) is 3. The molecule has 1 rings (SSSR count). The maximum absolute atomic E-state index is 10.7. The molecule has 1 aliphatic rings. The maximum atomic E-state index is 10.7. The van der Waals surface area contributed by atoms with Gasteiger partial charge in [0.1, 0.15) is 6.29 Å². The normalized spacial score (nSPS) is 22.1. The third-order valence-electron chi connectivity index (χ3n) is 2.26. The van der Waals surface area contributed by atoms with Gasteiger partial charge in [-0.15, -0.1) is 0 Å². The van der Waals surface area contributed by atoms with Crippen LogP contribution in [0.4, 0.5) is 0 Å². The fraction of sp³-hybridized carbons (Fsp3) is 0.889. The Morgan fingerprint density at radius 1 is 1.50 bits per heavy atom. The Morgan fingerprint density at radius 2 is 2.17 bits per heavy atom. The molecule has 3 nitrogen and oxygen atoms in total. The average Bonchev–Trinajstić information content (AvgIpc) is 2.15. The fourth-order valence-corrected chi connectivity index (χ4v) is 1.54. The molecule has 0 aromatic rings. The van der Waals surface area contributed by atoms with Crippen molar-refractivity contribution in [1.29, 1.82) is 0 Å². The fourth-order valence-electron chi connectivity index (χ4n) is 1.54. The molecule has 1 unspecified atom stereocenters. The second kappa shape index (κ2) is 5.27. The molecule has 12 heavy (non-hydrogen) atoms. The molecule has 0 spiro atoms. The van der Waals surface area contributed by atoms with E-state index in [1.807, 2.05) is 0 Å². The summed E-state index contributed by atoms with van der Waals surface area (Å²) < 4.78 is 5.21. The molecular formula is C9H17NO2. The van der Waals surface area contributed by atoms with Gasteiger partial charge in [0, 0.05) is 13.1 Å². The van der Waals surface area contributed by atoms with Crippen LogP contribution < -0.4 is 0 Å². The van der Waals surface area contributed by atoms with Crippen molar-refractivity contribution in [2.75, 3.05) is 26.3 Å². The van der Waals surface area contributed by atoms with Crippen LogP contribution in [-0.2, 0) is 9.53 Å². The minimum Gasteiger partial charge on any atom is -0.379 e. The molecule has 1 heterocycles. The molecule has 0 N–H and O–H groups in total. The van der Waals surface area contributed by atoms with Crippen LogP contribution in [-0.4, -0.2) is 43.5 Å². The molecule has 1 aliphatic heterocycles. The molecule has 0 amide bonds. The zero-order chi connectivity index (χ0) is 8.81. The summed E-state index contributed by atoms with van der Waals surface area (Å²) in [5.41, 5.74) is 0. The number of nitrogens with zero attached hydrogens (tertiary/aromatic N) is 1. The van der Waals surface area contributed by atoms with Gasteiger partial charge in [-0.25, -0.2) is 0 Å². The number of hydrogen-bond donors (Lipinski definition) is 0. The second-order valence-electron chi connectivity index (χ2n) is 3.14. The minimum atomic E-state index is 0.124. The molecular weight excluding hydrogens is 154 g/mol. The summed E-state index contributed by atoms with van der Waals surface area (Å²) in [6.07, 6.45) is 3.11. The summed E-state index contributed by atoms with van der Waals surface area (Å²) in [6, 6.07) is 0.124. The monoisotopic (exact) mass is 171 g/mol. The van der Waals surface area contributed by atoms with Crippen molar-refractivity contribution in [3.05, 3.63) is 0 Å². The third kappa shape index (κ3) is 2.57. The zero-order valence-corrected chi connectivity index (χ0v) is 7.66. The van der Waals surface area contributed by atoms with E-state index in [1.165, 1.54) is 0 Å². The molecule has 1 saturated heterocycles. The quantitative estimate of drug-likeness (QED) is 0.583. The van der Waals surface area contributed by atoms with E-state index in [0.29, 0.717) is 0 Å². The van der Waals surface area contributed by atoms with Gasteiger partial charge in [-0.05, 0) is 6.42 Å². The third-order valence-corrected chi connectivity index (χ3v) is 2.26. The van der Waals surface area contributed by atoms with Gasteiger partial charge in [-0.3, -0.25) is 4.90 Å². The van der Waals surface area contributed by atoms with Crippen molar-refractivity contribution in [3.63, 3.8) is 0 Å². The lowest BCUT2D eigenvalue weighted by Crippen LogP contribution is -2.44. The Bertz CT molecular complexity index is 132. The van der Waals surface area contributed by atoms with E-state index in [0.717, 1.165) is 45.4 Å². The summed E-state index contributed by atoms with van der Waals surface area (Å²) in [7, 11) is 0. The number of carbonyl (C=O) groups excluding carboxylic acids is 1. The lowest BCUT2D eigenvalue weighted by atomic mass is 10.1. The van der Waals surface area contributed by atoms with Crippen molar-refractivity contribution >= 4 is 6.29 Å². The SMILES string of the molecule is CCCC(C=O)N1CCOCC1. The van der Waals surface area contributed by atoms with Gasteiger partial charge in [0.15, 0.2) is 0 Å². The summed E-state index contributed by atoms with van der Waals surface area (Å²) in [5, 5.41) is 0. The Kier molecular flexibility index (Phi) is 4.25. The number of carbonyl (C=O) groups is 1. The second-order valence-corrected chi connectivity index (χ2v) is 3.14. The highest BCUT2D eigenvalue weighted by Crippen LogP contribution is 2.07. The van der Waals surface area contributed by atoms with Gasteiger partial charge < -0.3 is 9.53 Å². The first-order chi connectivity index (χ1) is 5.88. The van der Waals surface area contributed by atoms with Crippen LogP contribution in [0.25, 0.3) is 0 Å². The predicted octanol–water partition coefficient (Wildman–Crippen LogP) is 0.686. The van der Waals surface area contributed by atoms with E-state index in [4.69, 9.17) is 4.74 Å². The Hall–Kier alpha value is -0.410. The molecule has 0 aromatic carbocycles. The lowest BCUT2D eigenvalue weighted by Gasteiger charge is -2.31. The highest BCUT2D eigenvalue weighted by molar-refractivity contribution is 5.57. The van der Waals surface area contributed by atoms with Crippen molar-refractivity contribution in [3.8, 4) is 0 Å². The molecule has 0 aromatic heterocycles. The van der Waals surface area contributed by atoms with Crippen molar-refractivity contribution in [1.82, 2.24) is 4.90 Å². The predicted molar refractivity (Wildman–Crippen MR) is 47.2 cm³/mol. The summed E-state index contributed by atoms with van der Waals surface area (Å²) >= 11 is 0. The van der Waals surface area contributed by atoms with Gasteiger partial charge >= 0.3 is 0 Å². The molecule has 0 aliphatic carbocycles. The highest BCUT2D eigenvalue weighted by atomic mass is 16.5. The molecule has 3 heteroatoms. The van der Waals surface area contributed by atoms with Crippen molar-refractivity contribution < 1.29 is 9.53 Å². The van der Waals surface area contributed by atoms with Crippen LogP contribution in [0.15, 0.2) is 0 Å². The standard InChI is InChI=1S/C9H17NO2/c1-2-3-9(8-11)10-4-6-12-7-5-10/h8-9H,2-7H2,1H3. The molecule has 0 saturated carbocycles. The van der Waals surface area contributed by atoms with Gasteiger partial charge in [0.2, 0.25) is 0 Å². The number of ether oxygens (including phenoxy) is 1. The Morgan fingerprint density at radius 3 is 2.67 bits per heavy atom. The molecule has 1 fully saturated rings. The lowest BCUT2D eigenvalue weighted by molar-refractivity contribution is -0.114. The van der Waals surface area contributed by atoms with Crippen molar-refractivity contribution in [2.45, 2.75) is 25.8 Å². The van der Waals surface area contributed by atoms with E-state index in [1.54, 1.807) is 0 Å². The first-order valence-corrected chi connectivity index (χ1v) is 4.65. The van der Waals surface area contributed by atoms with E-state index < -0.39 is 0 Å². The summed E-state index contributed by atoms with van der Waals surface area (Å²) in [4.78, 5) is 12.9. The first-order valence-electron chi connectivity index (χ1n) is 4.65. The van der Waals surface area contributed by atoms with Gasteiger partial charge in [0.25, 0.3) is 0 Å². The van der Waals surface area contributed by atoms with Gasteiger partial charge in [0.05, 0.1) is 19.3 Å². The van der Waals surface area contributed by atoms with E-state index >= 15 is 0 Å². The van der Waals surface area contributed by atoms with Crippen LogP contribution in [0.1, 0.15) is 19.8 Å². The zero-order valence-electron chi connectivity index (χ0n) is 7.66. The molecule has 0 radical (unpaired) electrons. The highest BCUT2D eigenvalue weighted by Gasteiger charge is 2.18. The van der Waals surface area contributed by atoms with E-state index in [9.17, 15) is 4.79 Å². The average molecular weight is 171 g/mol. The van der Waals surface area contributed by atoms with Gasteiger partial charge in [-0.2, -0.15) is 0 Å². The summed E-state index contributed by atoms with van der Waals surface area (Å²) in [5.74, 6) is 0. The van der Waals surface area contributed by atoms with E-state index in [-0.39, 0.29) is 6.04 Å². The van der Waals surface area contributed by atoms with Crippen LogP contribution in [0.2, 0.25) is 0 Å². The Labute approximate surface area is 73.7 Å². The molecule has 70 valence electrons. The first kappa shape index (κ1) is 9.68. The number of aldehydes is 1. The number of morpholine rings is 1. The topological polar surface area (TPSA) is 29.5 Å². The largest absolute Gasteiger partial charge is 0.379 e. The molecule has 1 atom stereocenters. The molecule has 0 bridgehead atoms. The van der Waals surface area contributed by atoms with Crippen LogP contribution in [0.3, 0.4) is 0 Å². The maximum Gasteiger partial charge on any atom is 0.137 e. The Balaban J connectivity index is 2.34.